The van der Waals surface area contributed by atoms with Gasteiger partial charge in [-0.05, 0) is 20.3 Å². The molecule has 9 nitrogen and oxygen atoms in total. The summed E-state index contributed by atoms with van der Waals surface area (Å²) in [5.74, 6) is -0.207. The number of hydrogen-bond acceptors (Lipinski definition) is 9. The Balaban J connectivity index is 2.20. The lowest BCUT2D eigenvalue weighted by molar-refractivity contribution is -0.143. The van der Waals surface area contributed by atoms with E-state index in [1.54, 1.807) is 20.8 Å². The highest BCUT2D eigenvalue weighted by Gasteiger charge is 2.25. The van der Waals surface area contributed by atoms with Gasteiger partial charge in [-0.2, -0.15) is 0 Å². The summed E-state index contributed by atoms with van der Waals surface area (Å²) >= 11 is 0. The molecule has 2 unspecified atom stereocenters. The smallest absolute Gasteiger partial charge is 0.343 e. The van der Waals surface area contributed by atoms with Crippen LogP contribution in [0.5, 0.6) is 0 Å². The molecular formula is C25H31N5O4S. The number of anilines is 2. The zero-order chi connectivity index (χ0) is 25.4. The monoisotopic (exact) mass is 497 g/mol. The molecule has 3 rings (SSSR count). The summed E-state index contributed by atoms with van der Waals surface area (Å²) in [6.45, 7) is 5.01. The minimum Gasteiger partial charge on any atom is -0.463 e. The number of benzene rings is 1. The zero-order valence-electron chi connectivity index (χ0n) is 20.1. The third-order valence-electron chi connectivity index (χ3n) is 5.31. The second kappa shape index (κ2) is 11.8. The van der Waals surface area contributed by atoms with E-state index in [1.165, 1.54) is 0 Å². The van der Waals surface area contributed by atoms with Crippen LogP contribution in [0.3, 0.4) is 0 Å². The van der Waals surface area contributed by atoms with Gasteiger partial charge in [0.2, 0.25) is 0 Å². The number of nitrogens with two attached hydrogens (primary N) is 1. The van der Waals surface area contributed by atoms with Crippen LogP contribution in [0.25, 0.3) is 16.8 Å². The van der Waals surface area contributed by atoms with Crippen molar-refractivity contribution < 1.29 is 17.9 Å². The van der Waals surface area contributed by atoms with Gasteiger partial charge in [0, 0.05) is 16.9 Å². The summed E-state index contributed by atoms with van der Waals surface area (Å²) in [7, 11) is -3.42. The first-order chi connectivity index (χ1) is 16.8. The molecule has 10 heteroatoms. The van der Waals surface area contributed by atoms with Crippen molar-refractivity contribution >= 4 is 33.0 Å². The average Bonchev–Trinajstić information content (AvgIpc) is 3.14. The maximum absolute atomic E-state index is 12.5. The Morgan fingerprint density at radius 3 is 2.49 bits per heavy atom. The van der Waals surface area contributed by atoms with Crippen molar-refractivity contribution in [1.29, 1.82) is 0 Å². The van der Waals surface area contributed by atoms with Gasteiger partial charge >= 0.3 is 5.97 Å². The Morgan fingerprint density at radius 1 is 1.09 bits per heavy atom. The predicted octanol–water partition coefficient (Wildman–Crippen LogP) is 3.50. The van der Waals surface area contributed by atoms with Crippen molar-refractivity contribution in [1.82, 2.24) is 9.97 Å². The van der Waals surface area contributed by atoms with Crippen LogP contribution >= 0.6 is 0 Å². The standard InChI is InChI=1S/C25H31N5O4S/c1-4-34-25(31)22(26)29-24-21(19-13-9-6-7-10-14-19)28-20(18-15-11-8-12-16-18)23(30-24)27-17(3)35(32,33)5-2/h6,8-17,22H,4-5,7,26H2,1-3H3,(H2,27,29,30). The molecule has 2 aromatic rings. The summed E-state index contributed by atoms with van der Waals surface area (Å²) in [4.78, 5) is 21.8. The fourth-order valence-electron chi connectivity index (χ4n) is 3.34. The van der Waals surface area contributed by atoms with Gasteiger partial charge in [-0.1, -0.05) is 67.6 Å². The Morgan fingerprint density at radius 2 is 1.80 bits per heavy atom. The molecule has 1 aromatic heterocycles. The fourth-order valence-corrected chi connectivity index (χ4v) is 4.13. The van der Waals surface area contributed by atoms with E-state index in [4.69, 9.17) is 15.5 Å². The molecule has 0 bridgehead atoms. The third-order valence-corrected chi connectivity index (χ3v) is 7.31. The number of carbonyl (C=O) groups excluding carboxylic acids is 1. The third kappa shape index (κ3) is 6.55. The van der Waals surface area contributed by atoms with Crippen LogP contribution in [-0.2, 0) is 19.4 Å². The normalized spacial score (nSPS) is 15.0. The number of rotatable bonds is 10. The number of aromatic nitrogens is 2. The molecule has 1 aliphatic rings. The Bertz CT molecular complexity index is 1240. The van der Waals surface area contributed by atoms with Crippen LogP contribution in [0.2, 0.25) is 0 Å². The van der Waals surface area contributed by atoms with Crippen molar-refractivity contribution in [3.05, 3.63) is 66.4 Å². The first-order valence-corrected chi connectivity index (χ1v) is 13.2. The van der Waals surface area contributed by atoms with Crippen LogP contribution in [0, 0.1) is 0 Å². The molecule has 0 fully saturated rings. The second-order valence-corrected chi connectivity index (χ2v) is 10.4. The Kier molecular flexibility index (Phi) is 8.78. The quantitative estimate of drug-likeness (QED) is 0.333. The van der Waals surface area contributed by atoms with Gasteiger partial charge in [-0.3, -0.25) is 0 Å². The van der Waals surface area contributed by atoms with Crippen LogP contribution in [-0.4, -0.2) is 48.3 Å². The predicted molar refractivity (Wildman–Crippen MR) is 139 cm³/mol. The van der Waals surface area contributed by atoms with Gasteiger partial charge in [0.05, 0.1) is 6.61 Å². The van der Waals surface area contributed by atoms with Gasteiger partial charge in [-0.25, -0.2) is 23.2 Å². The largest absolute Gasteiger partial charge is 0.463 e. The number of nitrogens with zero attached hydrogens (tertiary/aromatic N) is 2. The maximum atomic E-state index is 12.5. The van der Waals surface area contributed by atoms with Crippen molar-refractivity contribution in [2.24, 2.45) is 5.73 Å². The van der Waals surface area contributed by atoms with Crippen LogP contribution in [0.4, 0.5) is 11.6 Å². The summed E-state index contributed by atoms with van der Waals surface area (Å²) in [5, 5.41) is 4.98. The van der Waals surface area contributed by atoms with Crippen molar-refractivity contribution in [2.75, 3.05) is 23.0 Å². The molecule has 0 radical (unpaired) electrons. The van der Waals surface area contributed by atoms with E-state index in [2.05, 4.69) is 15.6 Å². The number of nitrogens with one attached hydrogen (secondary N) is 2. The summed E-state index contributed by atoms with van der Waals surface area (Å²) in [6, 6.07) is 9.34. The van der Waals surface area contributed by atoms with Crippen molar-refractivity contribution in [3.63, 3.8) is 0 Å². The molecular weight excluding hydrogens is 466 g/mol. The Hall–Kier alpha value is -3.50. The van der Waals surface area contributed by atoms with Gasteiger partial charge in [-0.15, -0.1) is 0 Å². The number of allylic oxidation sites excluding steroid dienone is 6. The van der Waals surface area contributed by atoms with E-state index in [0.717, 1.165) is 17.6 Å². The number of sulfone groups is 1. The van der Waals surface area contributed by atoms with Gasteiger partial charge in [0.1, 0.15) is 16.8 Å². The molecule has 186 valence electrons. The lowest BCUT2D eigenvalue weighted by Crippen LogP contribution is -2.40. The molecule has 1 heterocycles. The summed E-state index contributed by atoms with van der Waals surface area (Å²) in [6.07, 6.45) is 9.27. The van der Waals surface area contributed by atoms with Crippen molar-refractivity contribution in [3.8, 4) is 11.3 Å². The second-order valence-electron chi connectivity index (χ2n) is 7.78. The van der Waals surface area contributed by atoms with Crippen LogP contribution in [0.1, 0.15) is 32.9 Å². The molecule has 1 aromatic carbocycles. The highest BCUT2D eigenvalue weighted by atomic mass is 32.2. The molecule has 35 heavy (non-hydrogen) atoms. The van der Waals surface area contributed by atoms with E-state index in [-0.39, 0.29) is 24.0 Å². The average molecular weight is 498 g/mol. The number of esters is 1. The molecule has 0 spiro atoms. The number of ether oxygens (including phenoxy) is 1. The first-order valence-electron chi connectivity index (χ1n) is 11.4. The van der Waals surface area contributed by atoms with Crippen LogP contribution < -0.4 is 16.4 Å². The Labute approximate surface area is 206 Å². The lowest BCUT2D eigenvalue weighted by Gasteiger charge is -2.21. The van der Waals surface area contributed by atoms with Gasteiger partial charge in [0.15, 0.2) is 27.6 Å². The minimum absolute atomic E-state index is 0.0315. The van der Waals surface area contributed by atoms with E-state index in [9.17, 15) is 13.2 Å². The molecule has 0 aliphatic heterocycles. The SMILES string of the molecule is CCOC(=O)C(N)Nc1nc(NC(C)S(=O)(=O)CC)c(-c2ccccc2)nc1C1=CC=CCC=C1. The summed E-state index contributed by atoms with van der Waals surface area (Å²) < 4.78 is 30.0. The van der Waals surface area contributed by atoms with Crippen molar-refractivity contribution in [2.45, 2.75) is 38.7 Å². The highest BCUT2D eigenvalue weighted by molar-refractivity contribution is 7.92. The van der Waals surface area contributed by atoms with Gasteiger partial charge in [0.25, 0.3) is 0 Å². The molecule has 1 aliphatic carbocycles. The lowest BCUT2D eigenvalue weighted by atomic mass is 10.1. The van der Waals surface area contributed by atoms with E-state index >= 15 is 0 Å². The molecule has 0 amide bonds. The number of hydrogen-bond donors (Lipinski definition) is 3. The van der Waals surface area contributed by atoms with E-state index in [1.807, 2.05) is 60.7 Å². The zero-order valence-corrected chi connectivity index (χ0v) is 20.9. The topological polar surface area (TPSA) is 136 Å². The summed E-state index contributed by atoms with van der Waals surface area (Å²) in [5.41, 5.74) is 8.47. The molecule has 2 atom stereocenters. The minimum atomic E-state index is -3.42. The maximum Gasteiger partial charge on any atom is 0.343 e. The number of carbonyl (C=O) groups is 1. The van der Waals surface area contributed by atoms with Crippen LogP contribution in [0.15, 0.2) is 60.7 Å². The fraction of sp³-hybridized carbons (Fsp3) is 0.320. The molecule has 0 saturated carbocycles. The molecule has 4 N–H and O–H groups in total. The van der Waals surface area contributed by atoms with E-state index < -0.39 is 27.3 Å². The highest BCUT2D eigenvalue weighted by Crippen LogP contribution is 2.32. The first kappa shape index (κ1) is 26.1. The molecule has 0 saturated heterocycles. The van der Waals surface area contributed by atoms with Gasteiger partial charge < -0.3 is 21.1 Å². The van der Waals surface area contributed by atoms with E-state index in [0.29, 0.717) is 11.4 Å².